The Balaban J connectivity index is 2.30. The average molecular weight is 227 g/mol. The first-order valence-corrected chi connectivity index (χ1v) is 5.39. The molecule has 0 aliphatic heterocycles. The van der Waals surface area contributed by atoms with Gasteiger partial charge in [0.05, 0.1) is 17.4 Å². The van der Waals surface area contributed by atoms with E-state index in [0.29, 0.717) is 11.4 Å². The van der Waals surface area contributed by atoms with E-state index < -0.39 is 0 Å². The van der Waals surface area contributed by atoms with Crippen molar-refractivity contribution in [2.24, 2.45) is 0 Å². The Kier molecular flexibility index (Phi) is 3.06. The fraction of sp³-hybridized carbons (Fsp3) is 0.250. The highest BCUT2D eigenvalue weighted by Crippen LogP contribution is 2.19. The summed E-state index contributed by atoms with van der Waals surface area (Å²) in [6.07, 6.45) is 5.28. The molecule has 0 atom stereocenters. The Hall–Kier alpha value is -2.35. The zero-order chi connectivity index (χ0) is 12.3. The lowest BCUT2D eigenvalue weighted by molar-refractivity contribution is 0.660. The molecular weight excluding hydrogens is 214 g/mol. The average Bonchev–Trinajstić information content (AvgIpc) is 2.77. The smallest absolute Gasteiger partial charge is 0.148 e. The standard InChI is InChI=1S/C12H13N5/c1-3-17-8-10(7-15-17)16-12-11(6-13)9(2)4-5-14-12/h4-5,7-8H,3H2,1-2H3,(H,14,16). The summed E-state index contributed by atoms with van der Waals surface area (Å²) in [5, 5.41) is 16.3. The van der Waals surface area contributed by atoms with Crippen LogP contribution in [0.4, 0.5) is 11.5 Å². The third-order valence-corrected chi connectivity index (χ3v) is 2.49. The fourth-order valence-corrected chi connectivity index (χ4v) is 1.53. The van der Waals surface area contributed by atoms with Crippen LogP contribution >= 0.6 is 0 Å². The predicted molar refractivity (Wildman–Crippen MR) is 64.9 cm³/mol. The molecule has 5 nitrogen and oxygen atoms in total. The molecule has 0 saturated heterocycles. The van der Waals surface area contributed by atoms with Gasteiger partial charge in [-0.05, 0) is 25.5 Å². The zero-order valence-corrected chi connectivity index (χ0v) is 9.81. The van der Waals surface area contributed by atoms with Gasteiger partial charge in [-0.15, -0.1) is 0 Å². The Morgan fingerprint density at radius 2 is 2.35 bits per heavy atom. The second kappa shape index (κ2) is 4.66. The number of nitrogens with zero attached hydrogens (tertiary/aromatic N) is 4. The topological polar surface area (TPSA) is 66.5 Å². The first kappa shape index (κ1) is 11.1. The van der Waals surface area contributed by atoms with Gasteiger partial charge in [-0.2, -0.15) is 10.4 Å². The van der Waals surface area contributed by atoms with Crippen LogP contribution in [0.2, 0.25) is 0 Å². The van der Waals surface area contributed by atoms with Gasteiger partial charge in [-0.3, -0.25) is 4.68 Å². The van der Waals surface area contributed by atoms with E-state index >= 15 is 0 Å². The number of nitriles is 1. The minimum atomic E-state index is 0.566. The molecule has 2 heterocycles. The van der Waals surface area contributed by atoms with Crippen molar-refractivity contribution in [1.82, 2.24) is 14.8 Å². The fourth-order valence-electron chi connectivity index (χ4n) is 1.53. The molecule has 0 radical (unpaired) electrons. The highest BCUT2D eigenvalue weighted by molar-refractivity contribution is 5.63. The first-order valence-electron chi connectivity index (χ1n) is 5.39. The Morgan fingerprint density at radius 1 is 1.53 bits per heavy atom. The summed E-state index contributed by atoms with van der Waals surface area (Å²) in [6.45, 7) is 4.72. The summed E-state index contributed by atoms with van der Waals surface area (Å²) < 4.78 is 1.81. The van der Waals surface area contributed by atoms with Gasteiger partial charge in [-0.25, -0.2) is 4.98 Å². The summed E-state index contributed by atoms with van der Waals surface area (Å²) in [7, 11) is 0. The maximum Gasteiger partial charge on any atom is 0.148 e. The number of aromatic nitrogens is 3. The number of anilines is 2. The van der Waals surface area contributed by atoms with Gasteiger partial charge in [0.2, 0.25) is 0 Å². The molecule has 1 N–H and O–H groups in total. The molecule has 0 spiro atoms. The Labute approximate surface area is 99.7 Å². The monoisotopic (exact) mass is 227 g/mol. The summed E-state index contributed by atoms with van der Waals surface area (Å²) in [5.41, 5.74) is 2.31. The van der Waals surface area contributed by atoms with Crippen molar-refractivity contribution in [2.75, 3.05) is 5.32 Å². The van der Waals surface area contributed by atoms with Crippen LogP contribution in [-0.4, -0.2) is 14.8 Å². The van der Waals surface area contributed by atoms with E-state index in [4.69, 9.17) is 5.26 Å². The minimum Gasteiger partial charge on any atom is -0.337 e. The summed E-state index contributed by atoms with van der Waals surface area (Å²) >= 11 is 0. The molecule has 2 rings (SSSR count). The number of pyridine rings is 1. The molecule has 0 aliphatic carbocycles. The largest absolute Gasteiger partial charge is 0.337 e. The maximum atomic E-state index is 9.08. The van der Waals surface area contributed by atoms with Gasteiger partial charge in [0.1, 0.15) is 11.9 Å². The molecule has 5 heteroatoms. The second-order valence-corrected chi connectivity index (χ2v) is 3.67. The summed E-state index contributed by atoms with van der Waals surface area (Å²) in [4.78, 5) is 4.17. The van der Waals surface area contributed by atoms with Crippen LogP contribution in [0.1, 0.15) is 18.1 Å². The van der Waals surface area contributed by atoms with Crippen molar-refractivity contribution < 1.29 is 0 Å². The van der Waals surface area contributed by atoms with Gasteiger partial charge in [0, 0.05) is 18.9 Å². The third kappa shape index (κ3) is 2.26. The molecule has 2 aromatic rings. The molecule has 86 valence electrons. The van der Waals surface area contributed by atoms with E-state index in [9.17, 15) is 0 Å². The molecule has 0 fully saturated rings. The minimum absolute atomic E-state index is 0.566. The first-order chi connectivity index (χ1) is 8.24. The number of hydrogen-bond acceptors (Lipinski definition) is 4. The van der Waals surface area contributed by atoms with E-state index in [-0.39, 0.29) is 0 Å². The van der Waals surface area contributed by atoms with E-state index in [1.165, 1.54) is 0 Å². The van der Waals surface area contributed by atoms with E-state index in [0.717, 1.165) is 17.8 Å². The van der Waals surface area contributed by atoms with Crippen molar-refractivity contribution in [2.45, 2.75) is 20.4 Å². The second-order valence-electron chi connectivity index (χ2n) is 3.67. The van der Waals surface area contributed by atoms with E-state index in [1.54, 1.807) is 12.4 Å². The molecule has 0 saturated carbocycles. The van der Waals surface area contributed by atoms with Gasteiger partial charge in [0.25, 0.3) is 0 Å². The van der Waals surface area contributed by atoms with Gasteiger partial charge < -0.3 is 5.32 Å². The molecule has 0 amide bonds. The molecule has 0 aromatic carbocycles. The van der Waals surface area contributed by atoms with Crippen LogP contribution in [0.5, 0.6) is 0 Å². The van der Waals surface area contributed by atoms with Gasteiger partial charge >= 0.3 is 0 Å². The number of nitrogens with one attached hydrogen (secondary N) is 1. The lowest BCUT2D eigenvalue weighted by Gasteiger charge is -2.06. The van der Waals surface area contributed by atoms with Crippen molar-refractivity contribution in [3.8, 4) is 6.07 Å². The molecule has 2 aromatic heterocycles. The highest BCUT2D eigenvalue weighted by atomic mass is 15.3. The zero-order valence-electron chi connectivity index (χ0n) is 9.81. The molecule has 0 unspecified atom stereocenters. The SMILES string of the molecule is CCn1cc(Nc2nccc(C)c2C#N)cn1. The Morgan fingerprint density at radius 3 is 3.00 bits per heavy atom. The summed E-state index contributed by atoms with van der Waals surface area (Å²) in [5.74, 6) is 0.572. The van der Waals surface area contributed by atoms with Crippen LogP contribution in [0, 0.1) is 18.3 Å². The van der Waals surface area contributed by atoms with Crippen LogP contribution in [0.25, 0.3) is 0 Å². The van der Waals surface area contributed by atoms with Crippen molar-refractivity contribution in [3.05, 3.63) is 35.8 Å². The lowest BCUT2D eigenvalue weighted by atomic mass is 10.1. The molecule has 0 aliphatic rings. The molecule has 0 bridgehead atoms. The third-order valence-electron chi connectivity index (χ3n) is 2.49. The van der Waals surface area contributed by atoms with Gasteiger partial charge in [-0.1, -0.05) is 0 Å². The van der Waals surface area contributed by atoms with Crippen molar-refractivity contribution in [1.29, 1.82) is 5.26 Å². The summed E-state index contributed by atoms with van der Waals surface area (Å²) in [6, 6.07) is 3.97. The molecule has 17 heavy (non-hydrogen) atoms. The van der Waals surface area contributed by atoms with Gasteiger partial charge in [0.15, 0.2) is 0 Å². The predicted octanol–water partition coefficient (Wildman–Crippen LogP) is 2.22. The van der Waals surface area contributed by atoms with E-state index in [1.807, 2.05) is 30.8 Å². The quantitative estimate of drug-likeness (QED) is 0.873. The van der Waals surface area contributed by atoms with E-state index in [2.05, 4.69) is 21.5 Å². The normalized spacial score (nSPS) is 9.94. The number of aryl methyl sites for hydroxylation is 2. The van der Waals surface area contributed by atoms with Crippen molar-refractivity contribution in [3.63, 3.8) is 0 Å². The van der Waals surface area contributed by atoms with Crippen LogP contribution in [-0.2, 0) is 6.54 Å². The van der Waals surface area contributed by atoms with Crippen molar-refractivity contribution >= 4 is 11.5 Å². The Bertz CT molecular complexity index is 565. The molecular formula is C12H13N5. The lowest BCUT2D eigenvalue weighted by Crippen LogP contribution is -1.98. The number of hydrogen-bond donors (Lipinski definition) is 1. The van der Waals surface area contributed by atoms with Crippen LogP contribution in [0.15, 0.2) is 24.7 Å². The maximum absolute atomic E-state index is 9.08. The van der Waals surface area contributed by atoms with Crippen LogP contribution < -0.4 is 5.32 Å². The number of rotatable bonds is 3. The highest BCUT2D eigenvalue weighted by Gasteiger charge is 2.07. The van der Waals surface area contributed by atoms with Crippen LogP contribution in [0.3, 0.4) is 0 Å².